The first-order valence-electron chi connectivity index (χ1n) is 4.26. The van der Waals surface area contributed by atoms with Crippen LogP contribution in [0.4, 0.5) is 8.78 Å². The molecule has 0 bridgehead atoms. The molecule has 0 unspecified atom stereocenters. The minimum atomic E-state index is -2.61. The van der Waals surface area contributed by atoms with Gasteiger partial charge in [-0.3, -0.25) is 4.57 Å². The van der Waals surface area contributed by atoms with Crippen molar-refractivity contribution >= 4 is 11.6 Å². The summed E-state index contributed by atoms with van der Waals surface area (Å²) in [5.74, 6) is -0.303. The van der Waals surface area contributed by atoms with E-state index in [4.69, 9.17) is 11.6 Å². The van der Waals surface area contributed by atoms with E-state index in [1.54, 1.807) is 24.3 Å². The van der Waals surface area contributed by atoms with E-state index in [1.165, 1.54) is 17.0 Å². The van der Waals surface area contributed by atoms with Crippen molar-refractivity contribution in [3.8, 4) is 5.69 Å². The molecule has 0 saturated heterocycles. The number of halogens is 3. The number of aromatic nitrogens is 2. The average molecular weight is 229 g/mol. The van der Waals surface area contributed by atoms with Crippen LogP contribution in [0.5, 0.6) is 0 Å². The molecule has 0 aliphatic carbocycles. The van der Waals surface area contributed by atoms with E-state index >= 15 is 0 Å². The Balaban J connectivity index is 2.55. The van der Waals surface area contributed by atoms with Crippen molar-refractivity contribution in [2.75, 3.05) is 0 Å². The maximum atomic E-state index is 12.6. The van der Waals surface area contributed by atoms with Crippen LogP contribution in [0.3, 0.4) is 0 Å². The first-order valence-corrected chi connectivity index (χ1v) is 4.64. The van der Waals surface area contributed by atoms with Gasteiger partial charge in [0.2, 0.25) is 0 Å². The van der Waals surface area contributed by atoms with E-state index in [0.717, 1.165) is 0 Å². The molecule has 0 fully saturated rings. The van der Waals surface area contributed by atoms with Gasteiger partial charge in [0.05, 0.1) is 10.7 Å². The van der Waals surface area contributed by atoms with Crippen molar-refractivity contribution in [2.45, 2.75) is 6.43 Å². The van der Waals surface area contributed by atoms with Crippen LogP contribution in [0.15, 0.2) is 36.7 Å². The summed E-state index contributed by atoms with van der Waals surface area (Å²) in [7, 11) is 0. The van der Waals surface area contributed by atoms with Crippen molar-refractivity contribution in [1.82, 2.24) is 9.55 Å². The molecular weight excluding hydrogens is 222 g/mol. The highest BCUT2D eigenvalue weighted by Gasteiger charge is 2.16. The van der Waals surface area contributed by atoms with Gasteiger partial charge in [0.1, 0.15) is 0 Å². The molecule has 0 atom stereocenters. The second kappa shape index (κ2) is 3.98. The Morgan fingerprint density at radius 1 is 1.27 bits per heavy atom. The maximum absolute atomic E-state index is 12.6. The lowest BCUT2D eigenvalue weighted by Crippen LogP contribution is -2.01. The van der Waals surface area contributed by atoms with Crippen LogP contribution in [0.1, 0.15) is 12.2 Å². The molecule has 5 heteroatoms. The van der Waals surface area contributed by atoms with Crippen LogP contribution in [0.2, 0.25) is 5.02 Å². The first kappa shape index (κ1) is 10.1. The quantitative estimate of drug-likeness (QED) is 0.770. The third kappa shape index (κ3) is 1.85. The third-order valence-electron chi connectivity index (χ3n) is 1.98. The van der Waals surface area contributed by atoms with Crippen molar-refractivity contribution < 1.29 is 8.78 Å². The van der Waals surface area contributed by atoms with Gasteiger partial charge in [-0.1, -0.05) is 23.7 Å². The van der Waals surface area contributed by atoms with Crippen molar-refractivity contribution in [3.63, 3.8) is 0 Å². The molecule has 2 nitrogen and oxygen atoms in total. The molecule has 0 aliphatic rings. The summed E-state index contributed by atoms with van der Waals surface area (Å²) < 4.78 is 26.4. The Hall–Kier alpha value is -1.42. The van der Waals surface area contributed by atoms with Crippen LogP contribution in [0, 0.1) is 0 Å². The van der Waals surface area contributed by atoms with E-state index in [0.29, 0.717) is 10.7 Å². The van der Waals surface area contributed by atoms with Gasteiger partial charge in [0.25, 0.3) is 6.43 Å². The Labute approximate surface area is 90.1 Å². The Morgan fingerprint density at radius 2 is 2.00 bits per heavy atom. The molecule has 2 rings (SSSR count). The van der Waals surface area contributed by atoms with Gasteiger partial charge >= 0.3 is 0 Å². The van der Waals surface area contributed by atoms with Gasteiger partial charge in [0.15, 0.2) is 5.82 Å². The third-order valence-corrected chi connectivity index (χ3v) is 2.30. The largest absolute Gasteiger partial charge is 0.297 e. The van der Waals surface area contributed by atoms with Gasteiger partial charge in [-0.05, 0) is 12.1 Å². The SMILES string of the molecule is FC(F)c1nccn1-c1ccccc1Cl. The molecule has 2 aromatic rings. The summed E-state index contributed by atoms with van der Waals surface area (Å²) in [6.45, 7) is 0. The number of rotatable bonds is 2. The zero-order valence-corrected chi connectivity index (χ0v) is 8.33. The fraction of sp³-hybridized carbons (Fsp3) is 0.100. The number of nitrogens with zero attached hydrogens (tertiary/aromatic N) is 2. The number of alkyl halides is 2. The zero-order chi connectivity index (χ0) is 10.8. The second-order valence-electron chi connectivity index (χ2n) is 2.91. The zero-order valence-electron chi connectivity index (χ0n) is 7.57. The summed E-state index contributed by atoms with van der Waals surface area (Å²) in [4.78, 5) is 3.59. The van der Waals surface area contributed by atoms with E-state index in [1.807, 2.05) is 0 Å². The summed E-state index contributed by atoms with van der Waals surface area (Å²) in [6, 6.07) is 6.78. The molecule has 1 aromatic heterocycles. The number of hydrogen-bond donors (Lipinski definition) is 0. The molecule has 0 radical (unpaired) electrons. The highest BCUT2D eigenvalue weighted by molar-refractivity contribution is 6.32. The minimum absolute atomic E-state index is 0.303. The molecule has 1 heterocycles. The minimum Gasteiger partial charge on any atom is -0.297 e. The number of imidazole rings is 1. The molecule has 0 aliphatic heterocycles. The highest BCUT2D eigenvalue weighted by Crippen LogP contribution is 2.25. The topological polar surface area (TPSA) is 17.8 Å². The van der Waals surface area contributed by atoms with Gasteiger partial charge in [0, 0.05) is 12.4 Å². The second-order valence-corrected chi connectivity index (χ2v) is 3.31. The van der Waals surface area contributed by atoms with Crippen molar-refractivity contribution in [2.24, 2.45) is 0 Å². The van der Waals surface area contributed by atoms with E-state index in [2.05, 4.69) is 4.98 Å². The normalized spacial score (nSPS) is 10.9. The van der Waals surface area contributed by atoms with Crippen LogP contribution in [-0.2, 0) is 0 Å². The number of hydrogen-bond acceptors (Lipinski definition) is 1. The van der Waals surface area contributed by atoms with Gasteiger partial charge in [-0.25, -0.2) is 13.8 Å². The average Bonchev–Trinajstić information content (AvgIpc) is 2.67. The highest BCUT2D eigenvalue weighted by atomic mass is 35.5. The summed E-state index contributed by atoms with van der Waals surface area (Å²) >= 11 is 5.90. The van der Waals surface area contributed by atoms with E-state index in [-0.39, 0.29) is 5.82 Å². The number of para-hydroxylation sites is 1. The molecule has 78 valence electrons. The maximum Gasteiger partial charge on any atom is 0.295 e. The molecule has 0 spiro atoms. The molecule has 1 aromatic carbocycles. The van der Waals surface area contributed by atoms with Crippen LogP contribution in [0.25, 0.3) is 5.69 Å². The van der Waals surface area contributed by atoms with Crippen LogP contribution in [-0.4, -0.2) is 9.55 Å². The predicted octanol–water partition coefficient (Wildman–Crippen LogP) is 3.46. The summed E-state index contributed by atoms with van der Waals surface area (Å²) in [5.41, 5.74) is 0.506. The Bertz CT molecular complexity index is 468. The van der Waals surface area contributed by atoms with Gasteiger partial charge in [-0.15, -0.1) is 0 Å². The lowest BCUT2D eigenvalue weighted by molar-refractivity contribution is 0.138. The Morgan fingerprint density at radius 3 is 2.67 bits per heavy atom. The van der Waals surface area contributed by atoms with E-state index in [9.17, 15) is 8.78 Å². The number of benzene rings is 1. The fourth-order valence-corrected chi connectivity index (χ4v) is 1.55. The molecule has 0 N–H and O–H groups in total. The molecule has 15 heavy (non-hydrogen) atoms. The molecule has 0 saturated carbocycles. The van der Waals surface area contributed by atoms with Gasteiger partial charge in [-0.2, -0.15) is 0 Å². The smallest absolute Gasteiger partial charge is 0.295 e. The first-order chi connectivity index (χ1) is 7.20. The van der Waals surface area contributed by atoms with E-state index < -0.39 is 6.43 Å². The standard InChI is InChI=1S/C10H7ClF2N2/c11-7-3-1-2-4-8(7)15-6-5-14-10(15)9(12)13/h1-6,9H. The lowest BCUT2D eigenvalue weighted by atomic mass is 10.3. The van der Waals surface area contributed by atoms with Crippen LogP contribution < -0.4 is 0 Å². The lowest BCUT2D eigenvalue weighted by Gasteiger charge is -2.08. The summed E-state index contributed by atoms with van der Waals surface area (Å²) in [5, 5.41) is 0.414. The summed E-state index contributed by atoms with van der Waals surface area (Å²) in [6.07, 6.45) is 0.171. The van der Waals surface area contributed by atoms with Crippen molar-refractivity contribution in [1.29, 1.82) is 0 Å². The van der Waals surface area contributed by atoms with Gasteiger partial charge < -0.3 is 0 Å². The monoisotopic (exact) mass is 228 g/mol. The predicted molar refractivity (Wildman–Crippen MR) is 53.5 cm³/mol. The van der Waals surface area contributed by atoms with Crippen molar-refractivity contribution in [3.05, 3.63) is 47.5 Å². The fourth-order valence-electron chi connectivity index (χ4n) is 1.33. The molecule has 0 amide bonds. The molecular formula is C10H7ClF2N2. The van der Waals surface area contributed by atoms with Crippen LogP contribution >= 0.6 is 11.6 Å². The Kier molecular flexibility index (Phi) is 2.68.